The molecule has 0 radical (unpaired) electrons. The van der Waals surface area contributed by atoms with Gasteiger partial charge in [-0.15, -0.1) is 0 Å². The van der Waals surface area contributed by atoms with E-state index in [0.29, 0.717) is 36.2 Å². The Labute approximate surface area is 206 Å². The maximum atomic E-state index is 13.1. The van der Waals surface area contributed by atoms with Gasteiger partial charge in [0, 0.05) is 60.8 Å². The molecule has 35 heavy (non-hydrogen) atoms. The first-order valence-electron chi connectivity index (χ1n) is 12.1. The second-order valence-corrected chi connectivity index (χ2v) is 9.21. The van der Waals surface area contributed by atoms with Crippen molar-refractivity contribution in [2.24, 2.45) is 0 Å². The van der Waals surface area contributed by atoms with Crippen LogP contribution in [0.25, 0.3) is 10.8 Å². The highest BCUT2D eigenvalue weighted by atomic mass is 16.4. The van der Waals surface area contributed by atoms with Crippen LogP contribution in [-0.2, 0) is 6.54 Å². The van der Waals surface area contributed by atoms with Crippen molar-refractivity contribution in [2.45, 2.75) is 26.3 Å². The molecule has 2 N–H and O–H groups in total. The molecule has 8 heteroatoms. The zero-order chi connectivity index (χ0) is 25.1. The van der Waals surface area contributed by atoms with Crippen LogP contribution >= 0.6 is 0 Å². The fourth-order valence-electron chi connectivity index (χ4n) is 4.72. The maximum absolute atomic E-state index is 13.1. The molecule has 7 nitrogen and oxygen atoms in total. The Morgan fingerprint density at radius 1 is 0.886 bits per heavy atom. The van der Waals surface area contributed by atoms with E-state index in [2.05, 4.69) is 9.80 Å². The number of nitrogens with zero attached hydrogens (tertiary/aromatic N) is 3. The van der Waals surface area contributed by atoms with Crippen LogP contribution in [0.4, 0.5) is 5.69 Å². The lowest BCUT2D eigenvalue weighted by molar-refractivity contribution is 0.0608. The van der Waals surface area contributed by atoms with Gasteiger partial charge in [-0.25, -0.2) is 0 Å². The normalized spacial score (nSPS) is 13.1. The second kappa shape index (κ2) is 10.6. The number of anilines is 1. The van der Waals surface area contributed by atoms with Gasteiger partial charge < -0.3 is 19.8 Å². The highest BCUT2D eigenvalue weighted by molar-refractivity contribution is 6.59. The topological polar surface area (TPSA) is 84.3 Å². The van der Waals surface area contributed by atoms with Crippen molar-refractivity contribution in [1.29, 1.82) is 0 Å². The van der Waals surface area contributed by atoms with Crippen molar-refractivity contribution in [1.82, 2.24) is 9.80 Å². The monoisotopic (exact) mass is 473 g/mol. The number of carbonyl (C=O) groups is 2. The summed E-state index contributed by atoms with van der Waals surface area (Å²) in [5.74, 6) is -0.434. The number of amides is 2. The lowest BCUT2D eigenvalue weighted by atomic mass is 9.77. The molecular formula is C27H32BN3O4. The summed E-state index contributed by atoms with van der Waals surface area (Å²) in [6, 6.07) is 16.8. The molecule has 1 heterocycles. The lowest BCUT2D eigenvalue weighted by Crippen LogP contribution is -2.41. The first-order valence-corrected chi connectivity index (χ1v) is 12.1. The summed E-state index contributed by atoms with van der Waals surface area (Å²) >= 11 is 0. The van der Waals surface area contributed by atoms with E-state index in [9.17, 15) is 19.6 Å². The molecule has 182 valence electrons. The number of benzene rings is 3. The Balaban J connectivity index is 1.54. The van der Waals surface area contributed by atoms with Crippen LogP contribution in [0, 0.1) is 0 Å². The summed E-state index contributed by atoms with van der Waals surface area (Å²) in [5.41, 5.74) is 3.52. The fraction of sp³-hybridized carbons (Fsp3) is 0.333. The van der Waals surface area contributed by atoms with Gasteiger partial charge in [0.25, 0.3) is 11.8 Å². The molecular weight excluding hydrogens is 441 g/mol. The Bertz CT molecular complexity index is 1220. The molecule has 0 saturated carbocycles. The van der Waals surface area contributed by atoms with Gasteiger partial charge in [0.05, 0.1) is 0 Å². The van der Waals surface area contributed by atoms with Crippen LogP contribution in [-0.4, -0.2) is 72.5 Å². The van der Waals surface area contributed by atoms with Gasteiger partial charge in [-0.1, -0.05) is 49.7 Å². The molecule has 3 aromatic rings. The summed E-state index contributed by atoms with van der Waals surface area (Å²) < 4.78 is 0. The van der Waals surface area contributed by atoms with E-state index in [1.165, 1.54) is 4.90 Å². The van der Waals surface area contributed by atoms with Crippen molar-refractivity contribution in [2.75, 3.05) is 38.6 Å². The second-order valence-electron chi connectivity index (χ2n) is 9.21. The summed E-state index contributed by atoms with van der Waals surface area (Å²) in [6.45, 7) is 4.51. The van der Waals surface area contributed by atoms with E-state index in [1.54, 1.807) is 12.1 Å². The number of carbonyl (C=O) groups excluding carboxylic acids is 2. The quantitative estimate of drug-likeness (QED) is 0.348. The third-order valence-corrected chi connectivity index (χ3v) is 6.71. The standard InChI is InChI=1S/C27H32BN3O4/c1-4-5-15-31-26(32)21-11-8-10-20-24(14-13-22(25(20)21)27(31)33)30(3)17-16-29(2)18-19-9-6-7-12-23(19)28(34)35/h6-14,34-35H,4-5,15-18H2,1-3H3. The molecule has 0 aliphatic carbocycles. The molecule has 0 unspecified atom stereocenters. The molecule has 2 amide bonds. The van der Waals surface area contributed by atoms with Gasteiger partial charge in [-0.05, 0) is 42.7 Å². The minimum absolute atomic E-state index is 0.217. The average molecular weight is 473 g/mol. The number of likely N-dealkylation sites (N-methyl/N-ethyl adjacent to an activating group) is 2. The van der Waals surface area contributed by atoms with Crippen molar-refractivity contribution < 1.29 is 19.6 Å². The Kier molecular flexibility index (Phi) is 7.55. The highest BCUT2D eigenvalue weighted by Gasteiger charge is 2.33. The van der Waals surface area contributed by atoms with E-state index >= 15 is 0 Å². The van der Waals surface area contributed by atoms with Crippen LogP contribution in [0.5, 0.6) is 0 Å². The van der Waals surface area contributed by atoms with Gasteiger partial charge in [0.2, 0.25) is 0 Å². The SMILES string of the molecule is CCCCN1C(=O)c2cccc3c(N(C)CCN(C)Cc4ccccc4B(O)O)ccc(c23)C1=O. The summed E-state index contributed by atoms with van der Waals surface area (Å²) in [6.07, 6.45) is 1.71. The molecule has 0 bridgehead atoms. The van der Waals surface area contributed by atoms with Crippen molar-refractivity contribution in [3.05, 3.63) is 71.3 Å². The summed E-state index contributed by atoms with van der Waals surface area (Å²) in [5, 5.41) is 20.9. The van der Waals surface area contributed by atoms with E-state index < -0.39 is 7.12 Å². The zero-order valence-electron chi connectivity index (χ0n) is 20.6. The minimum Gasteiger partial charge on any atom is -0.423 e. The van der Waals surface area contributed by atoms with Crippen LogP contribution in [0.15, 0.2) is 54.6 Å². The maximum Gasteiger partial charge on any atom is 0.488 e. The molecule has 0 spiro atoms. The number of hydrogen-bond acceptors (Lipinski definition) is 6. The van der Waals surface area contributed by atoms with E-state index in [1.807, 2.05) is 63.5 Å². The van der Waals surface area contributed by atoms with Gasteiger partial charge in [0.15, 0.2) is 0 Å². The molecule has 0 saturated heterocycles. The van der Waals surface area contributed by atoms with E-state index in [0.717, 1.165) is 41.4 Å². The lowest BCUT2D eigenvalue weighted by Gasteiger charge is -2.30. The van der Waals surface area contributed by atoms with Crippen LogP contribution in [0.3, 0.4) is 0 Å². The Morgan fingerprint density at radius 3 is 2.31 bits per heavy atom. The molecule has 1 aliphatic rings. The van der Waals surface area contributed by atoms with E-state index in [4.69, 9.17) is 0 Å². The first-order chi connectivity index (χ1) is 16.8. The predicted molar refractivity (Wildman–Crippen MR) is 140 cm³/mol. The number of imide groups is 1. The van der Waals surface area contributed by atoms with Gasteiger partial charge in [-0.2, -0.15) is 0 Å². The number of rotatable bonds is 10. The largest absolute Gasteiger partial charge is 0.488 e. The van der Waals surface area contributed by atoms with Gasteiger partial charge >= 0.3 is 7.12 Å². The van der Waals surface area contributed by atoms with Crippen molar-refractivity contribution >= 4 is 40.9 Å². The third kappa shape index (κ3) is 4.96. The first kappa shape index (κ1) is 24.9. The van der Waals surface area contributed by atoms with Gasteiger partial charge in [0.1, 0.15) is 0 Å². The fourth-order valence-corrected chi connectivity index (χ4v) is 4.72. The molecule has 3 aromatic carbocycles. The Morgan fingerprint density at radius 2 is 1.60 bits per heavy atom. The zero-order valence-corrected chi connectivity index (χ0v) is 20.6. The van der Waals surface area contributed by atoms with Gasteiger partial charge in [-0.3, -0.25) is 14.5 Å². The predicted octanol–water partition coefficient (Wildman–Crippen LogP) is 2.48. The summed E-state index contributed by atoms with van der Waals surface area (Å²) in [7, 11) is 2.50. The average Bonchev–Trinajstić information content (AvgIpc) is 2.85. The third-order valence-electron chi connectivity index (χ3n) is 6.71. The van der Waals surface area contributed by atoms with Crippen LogP contribution in [0.2, 0.25) is 0 Å². The van der Waals surface area contributed by atoms with Crippen molar-refractivity contribution in [3.8, 4) is 0 Å². The van der Waals surface area contributed by atoms with Crippen molar-refractivity contribution in [3.63, 3.8) is 0 Å². The molecule has 1 aliphatic heterocycles. The smallest absolute Gasteiger partial charge is 0.423 e. The Hall–Kier alpha value is -3.20. The van der Waals surface area contributed by atoms with Crippen LogP contribution < -0.4 is 10.4 Å². The number of hydrogen-bond donors (Lipinski definition) is 2. The minimum atomic E-state index is -1.50. The molecule has 4 rings (SSSR count). The summed E-state index contributed by atoms with van der Waals surface area (Å²) in [4.78, 5) is 31.9. The molecule has 0 aromatic heterocycles. The number of unbranched alkanes of at least 4 members (excludes halogenated alkanes) is 1. The molecule has 0 atom stereocenters. The molecule has 0 fully saturated rings. The van der Waals surface area contributed by atoms with E-state index in [-0.39, 0.29) is 11.8 Å². The van der Waals surface area contributed by atoms with Crippen LogP contribution in [0.1, 0.15) is 46.0 Å². The highest BCUT2D eigenvalue weighted by Crippen LogP contribution is 2.35.